The van der Waals surface area contributed by atoms with Gasteiger partial charge in [0.25, 0.3) is 0 Å². The molecule has 0 N–H and O–H groups in total. The highest BCUT2D eigenvalue weighted by atomic mass is 15.1. The second-order valence-corrected chi connectivity index (χ2v) is 5.29. The average molecular weight is 217 g/mol. The lowest BCUT2D eigenvalue weighted by Crippen LogP contribution is -2.30. The highest BCUT2D eigenvalue weighted by molar-refractivity contribution is 5.38. The third kappa shape index (κ3) is 2.15. The van der Waals surface area contributed by atoms with E-state index in [4.69, 9.17) is 0 Å². The zero-order valence-electron chi connectivity index (χ0n) is 11.0. The predicted octanol–water partition coefficient (Wildman–Crippen LogP) is 3.77. The Balaban J connectivity index is 2.35. The van der Waals surface area contributed by atoms with E-state index in [0.717, 1.165) is 0 Å². The van der Waals surface area contributed by atoms with Crippen molar-refractivity contribution in [3.05, 3.63) is 34.4 Å². The molecule has 1 aliphatic heterocycles. The molecule has 1 aromatic rings. The van der Waals surface area contributed by atoms with E-state index in [1.165, 1.54) is 42.5 Å². The highest BCUT2D eigenvalue weighted by Crippen LogP contribution is 2.32. The molecule has 1 heteroatoms. The lowest BCUT2D eigenvalue weighted by molar-refractivity contribution is 0.187. The molecule has 0 unspecified atom stereocenters. The number of hydrogen-bond acceptors (Lipinski definition) is 1. The fraction of sp³-hybridized carbons (Fsp3) is 0.600. The SMILES string of the molecule is Cc1cc(C)c([C@@H]2CCCCN2C)cc1C. The summed E-state index contributed by atoms with van der Waals surface area (Å²) in [6.45, 7) is 7.93. The molecule has 1 saturated heterocycles. The monoisotopic (exact) mass is 217 g/mol. The van der Waals surface area contributed by atoms with Gasteiger partial charge in [-0.2, -0.15) is 0 Å². The molecule has 0 aromatic heterocycles. The molecule has 88 valence electrons. The predicted molar refractivity (Wildman–Crippen MR) is 69.9 cm³/mol. The van der Waals surface area contributed by atoms with E-state index in [1.807, 2.05) is 0 Å². The summed E-state index contributed by atoms with van der Waals surface area (Å²) in [5.41, 5.74) is 5.85. The standard InChI is InChI=1S/C15H23N/c1-11-9-13(3)14(10-12(11)2)15-7-5-6-8-16(15)4/h9-10,15H,5-8H2,1-4H3/t15-/m0/s1. The van der Waals surface area contributed by atoms with E-state index in [-0.39, 0.29) is 0 Å². The second kappa shape index (κ2) is 4.58. The summed E-state index contributed by atoms with van der Waals surface area (Å²) in [5, 5.41) is 0. The molecule has 2 rings (SSSR count). The maximum Gasteiger partial charge on any atom is 0.0347 e. The van der Waals surface area contributed by atoms with Gasteiger partial charge in [0, 0.05) is 6.04 Å². The van der Waals surface area contributed by atoms with Crippen molar-refractivity contribution < 1.29 is 0 Å². The van der Waals surface area contributed by atoms with Crippen molar-refractivity contribution in [1.82, 2.24) is 4.90 Å². The first-order valence-corrected chi connectivity index (χ1v) is 6.37. The van der Waals surface area contributed by atoms with Crippen LogP contribution in [0.5, 0.6) is 0 Å². The van der Waals surface area contributed by atoms with Gasteiger partial charge in [-0.25, -0.2) is 0 Å². The first-order valence-electron chi connectivity index (χ1n) is 6.37. The number of nitrogens with zero attached hydrogens (tertiary/aromatic N) is 1. The van der Waals surface area contributed by atoms with Crippen LogP contribution in [0.1, 0.15) is 47.6 Å². The highest BCUT2D eigenvalue weighted by Gasteiger charge is 2.22. The summed E-state index contributed by atoms with van der Waals surface area (Å²) < 4.78 is 0. The van der Waals surface area contributed by atoms with Gasteiger partial charge < -0.3 is 0 Å². The third-order valence-corrected chi connectivity index (χ3v) is 4.01. The quantitative estimate of drug-likeness (QED) is 0.692. The fourth-order valence-corrected chi connectivity index (χ4v) is 2.81. The Hall–Kier alpha value is -0.820. The molecule has 1 heterocycles. The second-order valence-electron chi connectivity index (χ2n) is 5.29. The number of likely N-dealkylation sites (tertiary alicyclic amines) is 1. The first kappa shape index (κ1) is 11.7. The minimum Gasteiger partial charge on any atom is -0.299 e. The first-order chi connectivity index (χ1) is 7.59. The van der Waals surface area contributed by atoms with Crippen molar-refractivity contribution in [2.24, 2.45) is 0 Å². The number of aryl methyl sites for hydroxylation is 3. The molecule has 16 heavy (non-hydrogen) atoms. The number of benzene rings is 1. The Bertz CT molecular complexity index is 381. The largest absolute Gasteiger partial charge is 0.299 e. The normalized spacial score (nSPS) is 22.4. The van der Waals surface area contributed by atoms with Gasteiger partial charge in [0.15, 0.2) is 0 Å². The number of hydrogen-bond donors (Lipinski definition) is 0. The van der Waals surface area contributed by atoms with E-state index in [1.54, 1.807) is 5.56 Å². The van der Waals surface area contributed by atoms with Gasteiger partial charge in [-0.15, -0.1) is 0 Å². The molecule has 1 nitrogen and oxygen atoms in total. The third-order valence-electron chi connectivity index (χ3n) is 4.01. The Kier molecular flexibility index (Phi) is 3.34. The van der Waals surface area contributed by atoms with Crippen molar-refractivity contribution in [2.75, 3.05) is 13.6 Å². The molecule has 1 fully saturated rings. The van der Waals surface area contributed by atoms with Crippen LogP contribution in [0.4, 0.5) is 0 Å². The van der Waals surface area contributed by atoms with Crippen LogP contribution in [0.25, 0.3) is 0 Å². The summed E-state index contributed by atoms with van der Waals surface area (Å²) in [6, 6.07) is 5.39. The zero-order valence-corrected chi connectivity index (χ0v) is 11.0. The summed E-state index contributed by atoms with van der Waals surface area (Å²) in [6.07, 6.45) is 4.05. The van der Waals surface area contributed by atoms with Gasteiger partial charge in [-0.05, 0) is 69.5 Å². The Morgan fingerprint density at radius 1 is 1.00 bits per heavy atom. The molecule has 0 saturated carbocycles. The molecule has 0 aliphatic carbocycles. The van der Waals surface area contributed by atoms with Gasteiger partial charge >= 0.3 is 0 Å². The molecular formula is C15H23N. The van der Waals surface area contributed by atoms with Gasteiger partial charge in [-0.1, -0.05) is 18.6 Å². The summed E-state index contributed by atoms with van der Waals surface area (Å²) in [5.74, 6) is 0. The van der Waals surface area contributed by atoms with Gasteiger partial charge in [0.05, 0.1) is 0 Å². The van der Waals surface area contributed by atoms with Crippen LogP contribution in [-0.4, -0.2) is 18.5 Å². The van der Waals surface area contributed by atoms with Crippen molar-refractivity contribution in [2.45, 2.75) is 46.1 Å². The number of rotatable bonds is 1. The van der Waals surface area contributed by atoms with Crippen LogP contribution in [0.2, 0.25) is 0 Å². The van der Waals surface area contributed by atoms with Crippen molar-refractivity contribution in [3.63, 3.8) is 0 Å². The molecule has 0 bridgehead atoms. The molecule has 0 spiro atoms. The van der Waals surface area contributed by atoms with Gasteiger partial charge in [0.1, 0.15) is 0 Å². The van der Waals surface area contributed by atoms with Crippen LogP contribution in [0.15, 0.2) is 12.1 Å². The van der Waals surface area contributed by atoms with Crippen LogP contribution >= 0.6 is 0 Å². The van der Waals surface area contributed by atoms with Crippen LogP contribution < -0.4 is 0 Å². The van der Waals surface area contributed by atoms with Crippen LogP contribution in [0, 0.1) is 20.8 Å². The van der Waals surface area contributed by atoms with Gasteiger partial charge in [-0.3, -0.25) is 4.90 Å². The van der Waals surface area contributed by atoms with Crippen LogP contribution in [0.3, 0.4) is 0 Å². The smallest absolute Gasteiger partial charge is 0.0347 e. The maximum absolute atomic E-state index is 2.51. The van der Waals surface area contributed by atoms with E-state index < -0.39 is 0 Å². The lowest BCUT2D eigenvalue weighted by Gasteiger charge is -2.34. The van der Waals surface area contributed by atoms with Crippen molar-refractivity contribution >= 4 is 0 Å². The molecular weight excluding hydrogens is 194 g/mol. The Labute approximate surface area is 99.5 Å². The Morgan fingerprint density at radius 3 is 2.38 bits per heavy atom. The maximum atomic E-state index is 2.51. The fourth-order valence-electron chi connectivity index (χ4n) is 2.81. The average Bonchev–Trinajstić information content (AvgIpc) is 2.25. The molecule has 0 radical (unpaired) electrons. The summed E-state index contributed by atoms with van der Waals surface area (Å²) in [7, 11) is 2.26. The van der Waals surface area contributed by atoms with Crippen LogP contribution in [-0.2, 0) is 0 Å². The summed E-state index contributed by atoms with van der Waals surface area (Å²) >= 11 is 0. The molecule has 0 amide bonds. The Morgan fingerprint density at radius 2 is 1.69 bits per heavy atom. The zero-order chi connectivity index (χ0) is 11.7. The van der Waals surface area contributed by atoms with E-state index in [2.05, 4.69) is 44.9 Å². The van der Waals surface area contributed by atoms with E-state index >= 15 is 0 Å². The molecule has 1 aromatic carbocycles. The van der Waals surface area contributed by atoms with Gasteiger partial charge in [0.2, 0.25) is 0 Å². The summed E-state index contributed by atoms with van der Waals surface area (Å²) in [4.78, 5) is 2.51. The van der Waals surface area contributed by atoms with E-state index in [0.29, 0.717) is 6.04 Å². The molecule has 1 atom stereocenters. The minimum absolute atomic E-state index is 0.646. The van der Waals surface area contributed by atoms with Crippen molar-refractivity contribution in [1.29, 1.82) is 0 Å². The topological polar surface area (TPSA) is 3.24 Å². The lowest BCUT2D eigenvalue weighted by atomic mass is 9.90. The minimum atomic E-state index is 0.646. The molecule has 1 aliphatic rings. The van der Waals surface area contributed by atoms with Crippen molar-refractivity contribution in [3.8, 4) is 0 Å². The number of piperidine rings is 1. The van der Waals surface area contributed by atoms with E-state index in [9.17, 15) is 0 Å².